The van der Waals surface area contributed by atoms with Gasteiger partial charge in [0.2, 0.25) is 5.91 Å². The molecule has 1 saturated carbocycles. The van der Waals surface area contributed by atoms with E-state index in [1.165, 1.54) is 28.9 Å². The average molecular weight is 529 g/mol. The molecular formula is C22H17Cl2F3N4O4. The molecule has 35 heavy (non-hydrogen) atoms. The number of amides is 1. The summed E-state index contributed by atoms with van der Waals surface area (Å²) >= 11 is 11.9. The van der Waals surface area contributed by atoms with Crippen LogP contribution in [-0.2, 0) is 17.5 Å². The summed E-state index contributed by atoms with van der Waals surface area (Å²) in [6.07, 6.45) is -3.24. The average Bonchev–Trinajstić information content (AvgIpc) is 3.51. The zero-order valence-corrected chi connectivity index (χ0v) is 19.3. The number of rotatable bonds is 8. The number of hydrogen-bond acceptors (Lipinski definition) is 5. The zero-order chi connectivity index (χ0) is 25.3. The summed E-state index contributed by atoms with van der Waals surface area (Å²) in [5, 5.41) is 18.0. The third-order valence-corrected chi connectivity index (χ3v) is 5.69. The lowest BCUT2D eigenvalue weighted by Crippen LogP contribution is -2.16. The summed E-state index contributed by atoms with van der Waals surface area (Å²) in [7, 11) is 0. The first kappa shape index (κ1) is 24.8. The van der Waals surface area contributed by atoms with E-state index in [0.717, 1.165) is 31.0 Å². The molecule has 0 aliphatic heterocycles. The lowest BCUT2D eigenvalue weighted by molar-refractivity contribution is -0.384. The zero-order valence-electron chi connectivity index (χ0n) is 17.8. The van der Waals surface area contributed by atoms with Gasteiger partial charge in [-0.15, -0.1) is 0 Å². The van der Waals surface area contributed by atoms with Crippen LogP contribution in [0.2, 0.25) is 10.0 Å². The van der Waals surface area contributed by atoms with Gasteiger partial charge in [-0.05, 0) is 37.1 Å². The van der Waals surface area contributed by atoms with E-state index >= 15 is 0 Å². The number of non-ortho nitro benzene ring substituents is 1. The lowest BCUT2D eigenvalue weighted by Gasteiger charge is -2.11. The first-order valence-electron chi connectivity index (χ1n) is 10.4. The van der Waals surface area contributed by atoms with Crippen molar-refractivity contribution in [2.24, 2.45) is 0 Å². The van der Waals surface area contributed by atoms with Gasteiger partial charge in [0.15, 0.2) is 5.69 Å². The normalized spacial score (nSPS) is 13.5. The van der Waals surface area contributed by atoms with Crippen LogP contribution in [0.3, 0.4) is 0 Å². The molecular weight excluding hydrogens is 512 g/mol. The number of nitrogens with zero attached hydrogens (tertiary/aromatic N) is 3. The molecule has 1 aliphatic carbocycles. The molecule has 0 atom stereocenters. The molecule has 0 unspecified atom stereocenters. The molecule has 0 bridgehead atoms. The molecule has 1 fully saturated rings. The standard InChI is InChI=1S/C22H17Cl2F3N4O4/c23-13-3-4-19(17(24)7-13)35-16-9-14(8-15(10-16)31(33)34)28-21(32)5-6-30-18(12-1-2-12)11-20(29-30)22(25,26)27/h3-4,7-12H,1-2,5-6H2,(H,28,32). The first-order valence-corrected chi connectivity index (χ1v) is 11.1. The highest BCUT2D eigenvalue weighted by atomic mass is 35.5. The van der Waals surface area contributed by atoms with Crippen LogP contribution in [0.4, 0.5) is 24.5 Å². The largest absolute Gasteiger partial charge is 0.455 e. The van der Waals surface area contributed by atoms with Gasteiger partial charge < -0.3 is 10.1 Å². The van der Waals surface area contributed by atoms with Crippen molar-refractivity contribution in [3.63, 3.8) is 0 Å². The van der Waals surface area contributed by atoms with Crippen LogP contribution in [0.15, 0.2) is 42.5 Å². The molecule has 1 aromatic heterocycles. The second kappa shape index (κ2) is 9.74. The smallest absolute Gasteiger partial charge is 0.435 e. The van der Waals surface area contributed by atoms with Crippen molar-refractivity contribution in [1.29, 1.82) is 0 Å². The van der Waals surface area contributed by atoms with Gasteiger partial charge in [-0.3, -0.25) is 19.6 Å². The molecule has 0 saturated heterocycles. The van der Waals surface area contributed by atoms with Crippen LogP contribution >= 0.6 is 23.2 Å². The minimum atomic E-state index is -4.58. The second-order valence-electron chi connectivity index (χ2n) is 7.90. The Bertz CT molecular complexity index is 1290. The molecule has 1 aliphatic rings. The summed E-state index contributed by atoms with van der Waals surface area (Å²) in [5.74, 6) is -0.332. The van der Waals surface area contributed by atoms with Crippen molar-refractivity contribution in [2.75, 3.05) is 5.32 Å². The van der Waals surface area contributed by atoms with Gasteiger partial charge in [0.25, 0.3) is 5.69 Å². The van der Waals surface area contributed by atoms with Gasteiger partial charge in [-0.2, -0.15) is 18.3 Å². The fraction of sp³-hybridized carbons (Fsp3) is 0.273. The maximum atomic E-state index is 13.1. The van der Waals surface area contributed by atoms with Crippen molar-refractivity contribution >= 4 is 40.5 Å². The van der Waals surface area contributed by atoms with Crippen LogP contribution < -0.4 is 10.1 Å². The third kappa shape index (κ3) is 6.23. The lowest BCUT2D eigenvalue weighted by atomic mass is 10.2. The van der Waals surface area contributed by atoms with E-state index < -0.39 is 22.7 Å². The Morgan fingerprint density at radius 3 is 2.57 bits per heavy atom. The Labute approximate surface area is 206 Å². The highest BCUT2D eigenvalue weighted by Gasteiger charge is 2.37. The van der Waals surface area contributed by atoms with Gasteiger partial charge in [0, 0.05) is 41.7 Å². The van der Waals surface area contributed by atoms with Crippen molar-refractivity contribution in [3.05, 3.63) is 74.0 Å². The van der Waals surface area contributed by atoms with Gasteiger partial charge in [0.05, 0.1) is 21.7 Å². The van der Waals surface area contributed by atoms with E-state index in [9.17, 15) is 28.1 Å². The van der Waals surface area contributed by atoms with Crippen LogP contribution in [0.25, 0.3) is 0 Å². The number of ether oxygens (including phenoxy) is 1. The summed E-state index contributed by atoms with van der Waals surface area (Å²) in [5.41, 5.74) is -0.832. The summed E-state index contributed by atoms with van der Waals surface area (Å²) in [4.78, 5) is 23.2. The quantitative estimate of drug-likeness (QED) is 0.255. The number of nitro groups is 1. The van der Waals surface area contributed by atoms with Crippen molar-refractivity contribution < 1.29 is 27.6 Å². The van der Waals surface area contributed by atoms with E-state index in [4.69, 9.17) is 27.9 Å². The fourth-order valence-electron chi connectivity index (χ4n) is 3.39. The molecule has 4 rings (SSSR count). The van der Waals surface area contributed by atoms with Gasteiger partial charge >= 0.3 is 6.18 Å². The van der Waals surface area contributed by atoms with E-state index in [2.05, 4.69) is 10.4 Å². The molecule has 184 valence electrons. The van der Waals surface area contributed by atoms with Crippen LogP contribution in [0, 0.1) is 10.1 Å². The number of hydrogen-bond donors (Lipinski definition) is 1. The van der Waals surface area contributed by atoms with Gasteiger partial charge in [-0.25, -0.2) is 0 Å². The molecule has 1 N–H and O–H groups in total. The molecule has 0 radical (unpaired) electrons. The highest BCUT2D eigenvalue weighted by Crippen LogP contribution is 2.42. The number of carbonyl (C=O) groups excluding carboxylic acids is 1. The molecule has 1 heterocycles. The number of aryl methyl sites for hydroxylation is 1. The monoisotopic (exact) mass is 528 g/mol. The number of carbonyl (C=O) groups is 1. The molecule has 3 aromatic rings. The molecule has 8 nitrogen and oxygen atoms in total. The third-order valence-electron chi connectivity index (χ3n) is 5.16. The Hall–Kier alpha value is -3.31. The van der Waals surface area contributed by atoms with Crippen molar-refractivity contribution in [1.82, 2.24) is 9.78 Å². The van der Waals surface area contributed by atoms with E-state index in [1.54, 1.807) is 0 Å². The number of nitro benzene ring substituents is 1. The SMILES string of the molecule is O=C(CCn1nc(C(F)(F)F)cc1C1CC1)Nc1cc(Oc2ccc(Cl)cc2Cl)cc([N+](=O)[O-])c1. The second-order valence-corrected chi connectivity index (χ2v) is 8.74. The van der Waals surface area contributed by atoms with Crippen LogP contribution in [-0.4, -0.2) is 20.6 Å². The number of nitrogens with one attached hydrogen (secondary N) is 1. The minimum absolute atomic E-state index is 0.00201. The minimum Gasteiger partial charge on any atom is -0.455 e. The first-order chi connectivity index (χ1) is 16.5. The molecule has 2 aromatic carbocycles. The van der Waals surface area contributed by atoms with E-state index in [1.807, 2.05) is 0 Å². The molecule has 13 heteroatoms. The predicted molar refractivity (Wildman–Crippen MR) is 122 cm³/mol. The Morgan fingerprint density at radius 2 is 1.94 bits per heavy atom. The van der Waals surface area contributed by atoms with Crippen LogP contribution in [0.5, 0.6) is 11.5 Å². The number of alkyl halides is 3. The predicted octanol–water partition coefficient (Wildman–Crippen LogP) is 6.82. The topological polar surface area (TPSA) is 99.3 Å². The Morgan fingerprint density at radius 1 is 1.20 bits per heavy atom. The Kier molecular flexibility index (Phi) is 6.91. The van der Waals surface area contributed by atoms with Crippen LogP contribution in [0.1, 0.15) is 36.6 Å². The number of anilines is 1. The maximum absolute atomic E-state index is 13.1. The fourth-order valence-corrected chi connectivity index (χ4v) is 3.84. The Balaban J connectivity index is 1.48. The highest BCUT2D eigenvalue weighted by molar-refractivity contribution is 6.35. The van der Waals surface area contributed by atoms with E-state index in [-0.39, 0.29) is 46.8 Å². The summed E-state index contributed by atoms with van der Waals surface area (Å²) in [6.45, 7) is -0.0770. The van der Waals surface area contributed by atoms with Crippen molar-refractivity contribution in [3.8, 4) is 11.5 Å². The molecule has 1 amide bonds. The van der Waals surface area contributed by atoms with Gasteiger partial charge in [-0.1, -0.05) is 23.2 Å². The molecule has 0 spiro atoms. The van der Waals surface area contributed by atoms with Crippen molar-refractivity contribution in [2.45, 2.75) is 37.9 Å². The number of aromatic nitrogens is 2. The van der Waals surface area contributed by atoms with Gasteiger partial charge in [0.1, 0.15) is 11.5 Å². The maximum Gasteiger partial charge on any atom is 0.435 e. The van der Waals surface area contributed by atoms with E-state index in [0.29, 0.717) is 10.7 Å². The number of benzene rings is 2. The number of halogens is 5. The summed E-state index contributed by atoms with van der Waals surface area (Å²) in [6, 6.07) is 9.12. The summed E-state index contributed by atoms with van der Waals surface area (Å²) < 4.78 is 46.0.